The van der Waals surface area contributed by atoms with Gasteiger partial charge in [0.05, 0.1) is 0 Å². The highest BCUT2D eigenvalue weighted by Crippen LogP contribution is 2.38. The molecule has 1 N–H and O–H groups in total. The van der Waals surface area contributed by atoms with E-state index in [-0.39, 0.29) is 5.69 Å². The predicted molar refractivity (Wildman–Crippen MR) is 54.0 cm³/mol. The molecule has 5 heteroatoms. The Morgan fingerprint density at radius 1 is 1.47 bits per heavy atom. The number of nitrogens with zero attached hydrogens (tertiary/aromatic N) is 3. The summed E-state index contributed by atoms with van der Waals surface area (Å²) < 4.78 is 1.74. The normalized spacial score (nSPS) is 15.5. The summed E-state index contributed by atoms with van der Waals surface area (Å²) in [5.74, 6) is 1.15. The highest BCUT2D eigenvalue weighted by Gasteiger charge is 2.25. The van der Waals surface area contributed by atoms with E-state index in [9.17, 15) is 4.79 Å². The molecule has 0 radical (unpaired) electrons. The van der Waals surface area contributed by atoms with E-state index in [0.29, 0.717) is 11.7 Å². The molecule has 2 aromatic rings. The molecule has 15 heavy (non-hydrogen) atoms. The van der Waals surface area contributed by atoms with Gasteiger partial charge in [-0.15, -0.1) is 0 Å². The molecule has 3 rings (SSSR count). The van der Waals surface area contributed by atoms with E-state index in [0.717, 1.165) is 18.5 Å². The van der Waals surface area contributed by atoms with E-state index in [2.05, 4.69) is 15.0 Å². The molecule has 2 heterocycles. The van der Waals surface area contributed by atoms with Gasteiger partial charge in [0.2, 0.25) is 0 Å². The van der Waals surface area contributed by atoms with Gasteiger partial charge in [0.25, 0.3) is 0 Å². The third-order valence-electron chi connectivity index (χ3n) is 2.54. The van der Waals surface area contributed by atoms with Gasteiger partial charge in [-0.3, -0.25) is 4.57 Å². The molecule has 1 aliphatic carbocycles. The number of hydrogen-bond acceptors (Lipinski definition) is 3. The molecule has 1 aliphatic rings. The molecule has 76 valence electrons. The van der Waals surface area contributed by atoms with Crippen molar-refractivity contribution in [2.24, 2.45) is 0 Å². The summed E-state index contributed by atoms with van der Waals surface area (Å²) in [5.41, 5.74) is 0.696. The van der Waals surface area contributed by atoms with Crippen molar-refractivity contribution in [3.8, 4) is 5.82 Å². The molecule has 1 fully saturated rings. The van der Waals surface area contributed by atoms with Crippen molar-refractivity contribution in [1.82, 2.24) is 19.5 Å². The Kier molecular flexibility index (Phi) is 1.71. The lowest BCUT2D eigenvalue weighted by atomic mass is 10.3. The minimum atomic E-state index is -0.289. The molecule has 0 unspecified atom stereocenters. The zero-order valence-electron chi connectivity index (χ0n) is 8.05. The first kappa shape index (κ1) is 8.40. The van der Waals surface area contributed by atoms with Crippen molar-refractivity contribution in [2.75, 3.05) is 0 Å². The molecule has 0 aromatic carbocycles. The van der Waals surface area contributed by atoms with Gasteiger partial charge in [-0.2, -0.15) is 4.98 Å². The SMILES string of the molecule is O=c1nc(-n2ccnc2)cc(C2CC2)[nH]1. The molecule has 2 aromatic heterocycles. The maximum absolute atomic E-state index is 11.3. The summed E-state index contributed by atoms with van der Waals surface area (Å²) in [6.45, 7) is 0. The second kappa shape index (κ2) is 3.05. The molecule has 5 nitrogen and oxygen atoms in total. The molecule has 0 amide bonds. The first-order valence-electron chi connectivity index (χ1n) is 4.92. The van der Waals surface area contributed by atoms with Crippen molar-refractivity contribution in [3.63, 3.8) is 0 Å². The van der Waals surface area contributed by atoms with Gasteiger partial charge in [-0.1, -0.05) is 0 Å². The van der Waals surface area contributed by atoms with Crippen molar-refractivity contribution in [2.45, 2.75) is 18.8 Å². The highest BCUT2D eigenvalue weighted by atomic mass is 16.1. The van der Waals surface area contributed by atoms with Crippen LogP contribution in [-0.2, 0) is 0 Å². The second-order valence-electron chi connectivity index (χ2n) is 3.74. The van der Waals surface area contributed by atoms with Crippen LogP contribution < -0.4 is 5.69 Å². The minimum absolute atomic E-state index is 0.289. The number of rotatable bonds is 2. The Bertz CT molecular complexity index is 525. The number of nitrogens with one attached hydrogen (secondary N) is 1. The zero-order valence-corrected chi connectivity index (χ0v) is 8.05. The largest absolute Gasteiger partial charge is 0.347 e. The highest BCUT2D eigenvalue weighted by molar-refractivity contribution is 5.27. The lowest BCUT2D eigenvalue weighted by molar-refractivity contribution is 0.891. The zero-order chi connectivity index (χ0) is 10.3. The van der Waals surface area contributed by atoms with Crippen LogP contribution in [0.25, 0.3) is 5.82 Å². The van der Waals surface area contributed by atoms with Crippen LogP contribution in [0.15, 0.2) is 29.6 Å². The number of imidazole rings is 1. The first-order chi connectivity index (χ1) is 7.33. The summed E-state index contributed by atoms with van der Waals surface area (Å²) in [6.07, 6.45) is 7.39. The topological polar surface area (TPSA) is 63.6 Å². The van der Waals surface area contributed by atoms with Crippen LogP contribution in [-0.4, -0.2) is 19.5 Å². The minimum Gasteiger partial charge on any atom is -0.309 e. The fourth-order valence-corrected chi connectivity index (χ4v) is 1.60. The van der Waals surface area contributed by atoms with Crippen LogP contribution in [0.3, 0.4) is 0 Å². The van der Waals surface area contributed by atoms with Gasteiger partial charge in [0, 0.05) is 24.2 Å². The Balaban J connectivity index is 2.11. The Morgan fingerprint density at radius 3 is 3.00 bits per heavy atom. The van der Waals surface area contributed by atoms with Gasteiger partial charge < -0.3 is 4.98 Å². The fourth-order valence-electron chi connectivity index (χ4n) is 1.60. The van der Waals surface area contributed by atoms with E-state index >= 15 is 0 Å². The number of aromatic nitrogens is 4. The van der Waals surface area contributed by atoms with E-state index in [1.54, 1.807) is 23.3 Å². The van der Waals surface area contributed by atoms with Crippen molar-refractivity contribution in [1.29, 1.82) is 0 Å². The van der Waals surface area contributed by atoms with E-state index in [1.807, 2.05) is 6.07 Å². The fraction of sp³-hybridized carbons (Fsp3) is 0.300. The summed E-state index contributed by atoms with van der Waals surface area (Å²) in [5, 5.41) is 0. The third-order valence-corrected chi connectivity index (χ3v) is 2.54. The third kappa shape index (κ3) is 1.56. The van der Waals surface area contributed by atoms with Crippen molar-refractivity contribution < 1.29 is 0 Å². The molecule has 0 atom stereocenters. The summed E-state index contributed by atoms with van der Waals surface area (Å²) in [6, 6.07) is 1.92. The van der Waals surface area contributed by atoms with Gasteiger partial charge >= 0.3 is 5.69 Å². The molecule has 0 saturated heterocycles. The van der Waals surface area contributed by atoms with Crippen LogP contribution in [0.5, 0.6) is 0 Å². The Labute approximate surface area is 85.8 Å². The monoisotopic (exact) mass is 202 g/mol. The van der Waals surface area contributed by atoms with Gasteiger partial charge in [0.15, 0.2) is 0 Å². The summed E-state index contributed by atoms with van der Waals surface area (Å²) in [7, 11) is 0. The number of hydrogen-bond donors (Lipinski definition) is 1. The average molecular weight is 202 g/mol. The summed E-state index contributed by atoms with van der Waals surface area (Å²) in [4.78, 5) is 21.9. The van der Waals surface area contributed by atoms with Crippen LogP contribution in [0.2, 0.25) is 0 Å². The van der Waals surface area contributed by atoms with Gasteiger partial charge in [-0.05, 0) is 18.8 Å². The molecular weight excluding hydrogens is 192 g/mol. The maximum Gasteiger partial charge on any atom is 0.347 e. The standard InChI is InChI=1S/C10H10N4O/c15-10-12-8(7-1-2-7)5-9(13-10)14-4-3-11-6-14/h3-7H,1-2H2,(H,12,13,15). The van der Waals surface area contributed by atoms with Crippen LogP contribution >= 0.6 is 0 Å². The maximum atomic E-state index is 11.3. The smallest absolute Gasteiger partial charge is 0.309 e. The summed E-state index contributed by atoms with van der Waals surface area (Å²) >= 11 is 0. The van der Waals surface area contributed by atoms with Crippen LogP contribution in [0, 0.1) is 0 Å². The van der Waals surface area contributed by atoms with Gasteiger partial charge in [0.1, 0.15) is 12.1 Å². The molecule has 0 spiro atoms. The van der Waals surface area contributed by atoms with Gasteiger partial charge in [-0.25, -0.2) is 9.78 Å². The van der Waals surface area contributed by atoms with Crippen molar-refractivity contribution in [3.05, 3.63) is 41.0 Å². The average Bonchev–Trinajstić information content (AvgIpc) is 2.93. The van der Waals surface area contributed by atoms with E-state index in [1.165, 1.54) is 0 Å². The van der Waals surface area contributed by atoms with Crippen LogP contribution in [0.1, 0.15) is 24.5 Å². The molecule has 0 bridgehead atoms. The molecule has 0 aliphatic heterocycles. The Hall–Kier alpha value is -1.91. The number of H-pyrrole nitrogens is 1. The van der Waals surface area contributed by atoms with Crippen LogP contribution in [0.4, 0.5) is 0 Å². The first-order valence-corrected chi connectivity index (χ1v) is 4.92. The lowest BCUT2D eigenvalue weighted by Crippen LogP contribution is -2.15. The quantitative estimate of drug-likeness (QED) is 0.784. The lowest BCUT2D eigenvalue weighted by Gasteiger charge is -2.02. The van der Waals surface area contributed by atoms with Crippen molar-refractivity contribution >= 4 is 0 Å². The predicted octanol–water partition coefficient (Wildman–Crippen LogP) is 0.833. The molecule has 1 saturated carbocycles. The second-order valence-corrected chi connectivity index (χ2v) is 3.74. The number of aromatic amines is 1. The Morgan fingerprint density at radius 2 is 2.33 bits per heavy atom. The van der Waals surface area contributed by atoms with E-state index in [4.69, 9.17) is 0 Å². The van der Waals surface area contributed by atoms with E-state index < -0.39 is 0 Å². The molecular formula is C10H10N4O.